The molecule has 61 heavy (non-hydrogen) atoms. The summed E-state index contributed by atoms with van der Waals surface area (Å²) in [5, 5.41) is 23.1. The van der Waals surface area contributed by atoms with Gasteiger partial charge < -0.3 is 20.3 Å². The Balaban J connectivity index is 3.49. The Labute approximate surface area is 379 Å². The van der Waals surface area contributed by atoms with Crippen LogP contribution in [-0.2, 0) is 14.3 Å². The normalized spacial score (nSPS) is 12.9. The van der Waals surface area contributed by atoms with Gasteiger partial charge in [0.1, 0.15) is 0 Å². The summed E-state index contributed by atoms with van der Waals surface area (Å²) in [4.78, 5) is 24.5. The number of ether oxygens (including phenoxy) is 1. The van der Waals surface area contributed by atoms with Crippen molar-refractivity contribution < 1.29 is 24.5 Å². The number of carbonyl (C=O) groups excluding carboxylic acids is 2. The molecule has 0 fully saturated rings. The van der Waals surface area contributed by atoms with E-state index in [-0.39, 0.29) is 18.5 Å². The third-order valence-corrected chi connectivity index (χ3v) is 12.2. The maximum Gasteiger partial charge on any atom is 0.305 e. The van der Waals surface area contributed by atoms with Crippen molar-refractivity contribution >= 4 is 11.9 Å². The van der Waals surface area contributed by atoms with E-state index in [4.69, 9.17) is 4.74 Å². The molecule has 3 N–H and O–H groups in total. The first-order valence-corrected chi connectivity index (χ1v) is 26.8. The second-order valence-electron chi connectivity index (χ2n) is 18.2. The molecule has 0 aromatic carbocycles. The molecule has 0 aliphatic heterocycles. The fourth-order valence-corrected chi connectivity index (χ4v) is 8.04. The predicted octanol–water partition coefficient (Wildman–Crippen LogP) is 16.1. The highest BCUT2D eigenvalue weighted by molar-refractivity contribution is 5.76. The minimum Gasteiger partial charge on any atom is -0.466 e. The van der Waals surface area contributed by atoms with E-state index in [0.717, 1.165) is 77.0 Å². The van der Waals surface area contributed by atoms with Gasteiger partial charge in [-0.15, -0.1) is 0 Å². The summed E-state index contributed by atoms with van der Waals surface area (Å²) >= 11 is 0. The molecule has 0 spiro atoms. The van der Waals surface area contributed by atoms with Crippen molar-refractivity contribution in [3.8, 4) is 0 Å². The van der Waals surface area contributed by atoms with Crippen LogP contribution < -0.4 is 5.32 Å². The Kier molecular flexibility index (Phi) is 49.1. The molecular weight excluding hydrogens is 755 g/mol. The molecule has 0 aromatic rings. The van der Waals surface area contributed by atoms with Crippen molar-refractivity contribution in [2.75, 3.05) is 13.2 Å². The van der Waals surface area contributed by atoms with Crippen molar-refractivity contribution in [2.24, 2.45) is 0 Å². The molecule has 2 atom stereocenters. The zero-order valence-corrected chi connectivity index (χ0v) is 40.6. The van der Waals surface area contributed by atoms with Gasteiger partial charge in [0.15, 0.2) is 0 Å². The maximum absolute atomic E-state index is 12.4. The largest absolute Gasteiger partial charge is 0.466 e. The molecule has 0 aliphatic rings. The van der Waals surface area contributed by atoms with Crippen LogP contribution >= 0.6 is 0 Å². The molecule has 2 unspecified atom stereocenters. The summed E-state index contributed by atoms with van der Waals surface area (Å²) in [7, 11) is 0. The summed E-state index contributed by atoms with van der Waals surface area (Å²) in [6.07, 6.45) is 61.3. The average Bonchev–Trinajstić information content (AvgIpc) is 3.26. The summed E-state index contributed by atoms with van der Waals surface area (Å²) in [6, 6.07) is -0.557. The quantitative estimate of drug-likeness (QED) is 0.0245. The van der Waals surface area contributed by atoms with Gasteiger partial charge in [0, 0.05) is 12.8 Å². The number of carbonyl (C=O) groups is 2. The lowest BCUT2D eigenvalue weighted by Gasteiger charge is -2.22. The number of hydrogen-bond donors (Lipinski definition) is 3. The van der Waals surface area contributed by atoms with Crippen molar-refractivity contribution in [2.45, 2.75) is 289 Å². The first-order chi connectivity index (χ1) is 30.0. The lowest BCUT2D eigenvalue weighted by molar-refractivity contribution is -0.143. The van der Waals surface area contributed by atoms with E-state index in [2.05, 4.69) is 55.6 Å². The van der Waals surface area contributed by atoms with Crippen LogP contribution in [0.3, 0.4) is 0 Å². The van der Waals surface area contributed by atoms with Crippen molar-refractivity contribution in [1.82, 2.24) is 5.32 Å². The molecule has 0 heterocycles. The zero-order chi connectivity index (χ0) is 44.4. The third kappa shape index (κ3) is 47.4. The topological polar surface area (TPSA) is 95.9 Å². The molecule has 1 amide bonds. The van der Waals surface area contributed by atoms with Crippen LogP contribution in [0.2, 0.25) is 0 Å². The van der Waals surface area contributed by atoms with E-state index in [1.54, 1.807) is 0 Å². The van der Waals surface area contributed by atoms with Gasteiger partial charge >= 0.3 is 5.97 Å². The second-order valence-corrected chi connectivity index (χ2v) is 18.2. The zero-order valence-electron chi connectivity index (χ0n) is 40.6. The Hall–Kier alpha value is -1.92. The molecule has 6 nitrogen and oxygen atoms in total. The van der Waals surface area contributed by atoms with Gasteiger partial charge in [-0.25, -0.2) is 0 Å². The number of aliphatic hydroxyl groups excluding tert-OH is 2. The lowest BCUT2D eigenvalue weighted by Crippen LogP contribution is -2.45. The highest BCUT2D eigenvalue weighted by atomic mass is 16.5. The Morgan fingerprint density at radius 3 is 1.26 bits per heavy atom. The van der Waals surface area contributed by atoms with Gasteiger partial charge in [-0.3, -0.25) is 9.59 Å². The first kappa shape index (κ1) is 59.1. The van der Waals surface area contributed by atoms with Crippen LogP contribution in [0.25, 0.3) is 0 Å². The van der Waals surface area contributed by atoms with Crippen LogP contribution in [0.1, 0.15) is 277 Å². The first-order valence-electron chi connectivity index (χ1n) is 26.8. The fourth-order valence-electron chi connectivity index (χ4n) is 8.04. The molecule has 0 aromatic heterocycles. The molecule has 0 radical (unpaired) electrons. The summed E-state index contributed by atoms with van der Waals surface area (Å²) in [6.45, 7) is 4.87. The minimum absolute atomic E-state index is 0.0227. The van der Waals surface area contributed by atoms with E-state index in [9.17, 15) is 19.8 Å². The molecule has 0 aliphatic carbocycles. The highest BCUT2D eigenvalue weighted by Crippen LogP contribution is 2.16. The summed E-state index contributed by atoms with van der Waals surface area (Å²) in [5.41, 5.74) is 0. The standard InChI is InChI=1S/C55H103NO5/c1-3-5-7-9-11-13-15-16-17-18-19-20-23-26-29-33-37-41-45-49-55(60)61-50-46-42-38-34-30-27-24-21-22-25-28-32-36-40-44-48-54(59)56-52(51-57)53(58)47-43-39-35-31-14-12-10-8-6-4-2/h16-17,21,24,27,30,52-53,57-58H,3-15,18-20,22-23,25-26,28-29,31-51H2,1-2H3,(H,56,59)/b17-16-,24-21-,30-27-. The molecule has 358 valence electrons. The Bertz CT molecular complexity index is 993. The molecular formula is C55H103NO5. The summed E-state index contributed by atoms with van der Waals surface area (Å²) < 4.78 is 5.45. The van der Waals surface area contributed by atoms with Gasteiger partial charge in [-0.2, -0.15) is 0 Å². The number of nitrogens with one attached hydrogen (secondary N) is 1. The van der Waals surface area contributed by atoms with Gasteiger partial charge in [-0.05, 0) is 83.5 Å². The number of esters is 1. The predicted molar refractivity (Wildman–Crippen MR) is 264 cm³/mol. The van der Waals surface area contributed by atoms with Crippen LogP contribution in [0, 0.1) is 0 Å². The molecule has 6 heteroatoms. The number of amides is 1. The van der Waals surface area contributed by atoms with E-state index in [1.165, 1.54) is 167 Å². The number of hydrogen-bond acceptors (Lipinski definition) is 5. The maximum atomic E-state index is 12.4. The SMILES string of the molecule is CCCCCCCC/C=C\CCCCCCCCCCCC(=O)OCCCCC/C=C\C=C/CCCCCCCCC(=O)NC(CO)C(O)CCCCCCCCCCCC. The smallest absolute Gasteiger partial charge is 0.305 e. The number of aliphatic hydroxyl groups is 2. The van der Waals surface area contributed by atoms with E-state index >= 15 is 0 Å². The van der Waals surface area contributed by atoms with Gasteiger partial charge in [0.05, 0.1) is 25.4 Å². The molecule has 0 rings (SSSR count). The van der Waals surface area contributed by atoms with Crippen LogP contribution in [-0.4, -0.2) is 47.4 Å². The van der Waals surface area contributed by atoms with Crippen molar-refractivity contribution in [3.05, 3.63) is 36.5 Å². The van der Waals surface area contributed by atoms with Gasteiger partial charge in [0.25, 0.3) is 0 Å². The Morgan fingerprint density at radius 2 is 0.820 bits per heavy atom. The van der Waals surface area contributed by atoms with Crippen molar-refractivity contribution in [3.63, 3.8) is 0 Å². The Morgan fingerprint density at radius 1 is 0.459 bits per heavy atom. The third-order valence-electron chi connectivity index (χ3n) is 12.2. The van der Waals surface area contributed by atoms with Gasteiger partial charge in [0.2, 0.25) is 5.91 Å². The average molecular weight is 858 g/mol. The van der Waals surface area contributed by atoms with Crippen molar-refractivity contribution in [1.29, 1.82) is 0 Å². The van der Waals surface area contributed by atoms with Crippen LogP contribution in [0.5, 0.6) is 0 Å². The monoisotopic (exact) mass is 858 g/mol. The van der Waals surface area contributed by atoms with E-state index in [0.29, 0.717) is 25.9 Å². The lowest BCUT2D eigenvalue weighted by atomic mass is 10.0. The second kappa shape index (κ2) is 50.7. The van der Waals surface area contributed by atoms with Crippen LogP contribution in [0.15, 0.2) is 36.5 Å². The fraction of sp³-hybridized carbons (Fsp3) is 0.855. The molecule has 0 saturated heterocycles. The number of unbranched alkanes of at least 4 members (excludes halogenated alkanes) is 33. The highest BCUT2D eigenvalue weighted by Gasteiger charge is 2.20. The summed E-state index contributed by atoms with van der Waals surface area (Å²) in [5.74, 6) is -0.0826. The van der Waals surface area contributed by atoms with E-state index < -0.39 is 12.1 Å². The van der Waals surface area contributed by atoms with E-state index in [1.807, 2.05) is 0 Å². The minimum atomic E-state index is -0.677. The van der Waals surface area contributed by atoms with Crippen LogP contribution in [0.4, 0.5) is 0 Å². The number of rotatable bonds is 49. The molecule has 0 bridgehead atoms. The van der Waals surface area contributed by atoms with Gasteiger partial charge in [-0.1, -0.05) is 217 Å². The molecule has 0 saturated carbocycles. The number of allylic oxidation sites excluding steroid dienone is 6.